The van der Waals surface area contributed by atoms with Crippen LogP contribution in [0.15, 0.2) is 24.5 Å². The number of aromatic nitrogens is 3. The Morgan fingerprint density at radius 1 is 1.60 bits per heavy atom. The van der Waals surface area contributed by atoms with Crippen molar-refractivity contribution in [3.8, 4) is 0 Å². The van der Waals surface area contributed by atoms with Gasteiger partial charge in [-0.15, -0.1) is 0 Å². The van der Waals surface area contributed by atoms with E-state index in [1.54, 1.807) is 29.0 Å². The normalized spacial score (nSPS) is 10.4. The van der Waals surface area contributed by atoms with Crippen LogP contribution in [0.1, 0.15) is 0 Å². The Bertz CT molecular complexity index is 481. The lowest BCUT2D eigenvalue weighted by Gasteiger charge is -2.03. The molecule has 2 rings (SSSR count). The first-order valence-corrected chi connectivity index (χ1v) is 4.16. The van der Waals surface area contributed by atoms with Gasteiger partial charge in [-0.05, 0) is 0 Å². The molecule has 7 nitrogen and oxygen atoms in total. The van der Waals surface area contributed by atoms with E-state index >= 15 is 0 Å². The summed E-state index contributed by atoms with van der Waals surface area (Å²) in [6.45, 7) is -0.424. The zero-order valence-corrected chi connectivity index (χ0v) is 7.62. The fourth-order valence-corrected chi connectivity index (χ4v) is 1.04. The summed E-state index contributed by atoms with van der Waals surface area (Å²) < 4.78 is 1.59. The molecular formula is C8H8N4O3. The molecule has 0 aliphatic heterocycles. The van der Waals surface area contributed by atoms with Gasteiger partial charge in [0.1, 0.15) is 0 Å². The highest BCUT2D eigenvalue weighted by Gasteiger charge is 1.99. The molecule has 2 heterocycles. The average Bonchev–Trinajstić information content (AvgIpc) is 2.64. The van der Waals surface area contributed by atoms with E-state index in [2.05, 4.69) is 20.4 Å². The molecule has 0 radical (unpaired) electrons. The van der Waals surface area contributed by atoms with Gasteiger partial charge in [-0.25, -0.2) is 19.8 Å². The number of hydrogen-bond acceptors (Lipinski definition) is 5. The first-order valence-electron chi connectivity index (χ1n) is 4.16. The van der Waals surface area contributed by atoms with E-state index < -0.39 is 12.6 Å². The van der Waals surface area contributed by atoms with E-state index in [0.717, 1.165) is 0 Å². The largest absolute Gasteiger partial charge is 0.479 e. The van der Waals surface area contributed by atoms with Crippen molar-refractivity contribution >= 4 is 17.4 Å². The minimum atomic E-state index is -1.05. The van der Waals surface area contributed by atoms with Gasteiger partial charge in [0.2, 0.25) is 0 Å². The van der Waals surface area contributed by atoms with Gasteiger partial charge in [0.15, 0.2) is 18.1 Å². The minimum absolute atomic E-state index is 0.424. The first kappa shape index (κ1) is 9.41. The van der Waals surface area contributed by atoms with Gasteiger partial charge in [-0.3, -0.25) is 4.84 Å². The number of carboxylic acid groups (broad SMARTS) is 1. The van der Waals surface area contributed by atoms with Crippen molar-refractivity contribution < 1.29 is 14.7 Å². The summed E-state index contributed by atoms with van der Waals surface area (Å²) in [6.07, 6.45) is 3.30. The fourth-order valence-electron chi connectivity index (χ4n) is 1.04. The van der Waals surface area contributed by atoms with Crippen LogP contribution in [-0.2, 0) is 9.63 Å². The lowest BCUT2D eigenvalue weighted by Crippen LogP contribution is -2.12. The molecule has 0 unspecified atom stereocenters. The molecule has 0 aliphatic carbocycles. The summed E-state index contributed by atoms with van der Waals surface area (Å²) in [7, 11) is 0. The van der Waals surface area contributed by atoms with E-state index in [4.69, 9.17) is 5.11 Å². The highest BCUT2D eigenvalue weighted by atomic mass is 16.7. The van der Waals surface area contributed by atoms with E-state index in [1.165, 1.54) is 0 Å². The van der Waals surface area contributed by atoms with Gasteiger partial charge in [-0.2, -0.15) is 5.10 Å². The van der Waals surface area contributed by atoms with Crippen LogP contribution in [0.25, 0.3) is 5.65 Å². The predicted molar refractivity (Wildman–Crippen MR) is 50.2 cm³/mol. The van der Waals surface area contributed by atoms with Crippen LogP contribution in [0.2, 0.25) is 0 Å². The number of fused-ring (bicyclic) bond motifs is 1. The van der Waals surface area contributed by atoms with Crippen molar-refractivity contribution in [2.45, 2.75) is 0 Å². The van der Waals surface area contributed by atoms with Gasteiger partial charge < -0.3 is 5.11 Å². The third-order valence-electron chi connectivity index (χ3n) is 1.63. The standard InChI is InChI=1S/C8H8N4O3/c13-8(14)5-15-11-6-2-4-12-7(10-6)1-3-9-12/h1-4H,5H2,(H,10,11)(H,13,14). The number of hydrogen-bond donors (Lipinski definition) is 2. The second-order valence-electron chi connectivity index (χ2n) is 2.73. The predicted octanol–water partition coefficient (Wildman–Crippen LogP) is 0.157. The van der Waals surface area contributed by atoms with Crippen LogP contribution >= 0.6 is 0 Å². The molecule has 0 atom stereocenters. The Hall–Kier alpha value is -2.15. The van der Waals surface area contributed by atoms with Crippen molar-refractivity contribution in [1.29, 1.82) is 0 Å². The molecule has 0 aromatic carbocycles. The maximum absolute atomic E-state index is 10.2. The number of nitrogens with one attached hydrogen (secondary N) is 1. The molecule has 2 aromatic heterocycles. The molecule has 0 aliphatic rings. The van der Waals surface area contributed by atoms with Crippen LogP contribution in [0, 0.1) is 0 Å². The van der Waals surface area contributed by atoms with Gasteiger partial charge in [-0.1, -0.05) is 0 Å². The third-order valence-corrected chi connectivity index (χ3v) is 1.63. The molecule has 0 spiro atoms. The number of carboxylic acids is 1. The van der Waals surface area contributed by atoms with Gasteiger partial charge in [0.25, 0.3) is 0 Å². The third kappa shape index (κ3) is 2.20. The second-order valence-corrected chi connectivity index (χ2v) is 2.73. The SMILES string of the molecule is O=C(O)CONc1ccn2nccc2n1. The zero-order chi connectivity index (χ0) is 10.7. The van der Waals surface area contributed by atoms with E-state index in [0.29, 0.717) is 11.5 Å². The lowest BCUT2D eigenvalue weighted by atomic mass is 10.5. The van der Waals surface area contributed by atoms with Gasteiger partial charge >= 0.3 is 5.97 Å². The first-order chi connectivity index (χ1) is 7.25. The molecule has 0 bridgehead atoms. The summed E-state index contributed by atoms with van der Waals surface area (Å²) >= 11 is 0. The van der Waals surface area contributed by atoms with Crippen LogP contribution in [0.4, 0.5) is 5.82 Å². The Morgan fingerprint density at radius 3 is 3.27 bits per heavy atom. The van der Waals surface area contributed by atoms with Crippen molar-refractivity contribution in [2.24, 2.45) is 0 Å². The molecule has 2 aromatic rings. The molecule has 2 N–H and O–H groups in total. The maximum atomic E-state index is 10.2. The van der Waals surface area contributed by atoms with Crippen molar-refractivity contribution in [3.63, 3.8) is 0 Å². The Labute approximate surface area is 84.3 Å². The van der Waals surface area contributed by atoms with Gasteiger partial charge in [0, 0.05) is 18.3 Å². The number of aliphatic carboxylic acids is 1. The molecule has 78 valence electrons. The number of nitrogens with zero attached hydrogens (tertiary/aromatic N) is 3. The Kier molecular flexibility index (Phi) is 2.46. The summed E-state index contributed by atoms with van der Waals surface area (Å²) in [5, 5.41) is 12.3. The number of anilines is 1. The molecule has 0 fully saturated rings. The summed E-state index contributed by atoms with van der Waals surface area (Å²) in [5.41, 5.74) is 3.08. The molecule has 15 heavy (non-hydrogen) atoms. The van der Waals surface area contributed by atoms with Gasteiger partial charge in [0.05, 0.1) is 6.20 Å². The highest BCUT2D eigenvalue weighted by Crippen LogP contribution is 2.05. The smallest absolute Gasteiger partial charge is 0.332 e. The number of rotatable bonds is 4. The number of carbonyl (C=O) groups is 1. The van der Waals surface area contributed by atoms with Crippen molar-refractivity contribution in [2.75, 3.05) is 12.1 Å². The fraction of sp³-hybridized carbons (Fsp3) is 0.125. The lowest BCUT2D eigenvalue weighted by molar-refractivity contribution is -0.141. The van der Waals surface area contributed by atoms with Crippen LogP contribution in [-0.4, -0.2) is 32.3 Å². The summed E-state index contributed by atoms with van der Waals surface area (Å²) in [4.78, 5) is 18.9. The minimum Gasteiger partial charge on any atom is -0.479 e. The van der Waals surface area contributed by atoms with Crippen LogP contribution in [0.3, 0.4) is 0 Å². The van der Waals surface area contributed by atoms with Crippen LogP contribution < -0.4 is 5.48 Å². The van der Waals surface area contributed by atoms with E-state index in [9.17, 15) is 4.79 Å². The quantitative estimate of drug-likeness (QED) is 0.695. The maximum Gasteiger partial charge on any atom is 0.332 e. The zero-order valence-electron chi connectivity index (χ0n) is 7.62. The monoisotopic (exact) mass is 208 g/mol. The van der Waals surface area contributed by atoms with Crippen molar-refractivity contribution in [3.05, 3.63) is 24.5 Å². The Balaban J connectivity index is 2.04. The average molecular weight is 208 g/mol. The Morgan fingerprint density at radius 2 is 2.47 bits per heavy atom. The second kappa shape index (κ2) is 3.93. The topological polar surface area (TPSA) is 88.8 Å². The molecule has 0 saturated carbocycles. The summed E-state index contributed by atoms with van der Waals surface area (Å²) in [5.74, 6) is -0.614. The summed E-state index contributed by atoms with van der Waals surface area (Å²) in [6, 6.07) is 3.35. The molecular weight excluding hydrogens is 200 g/mol. The molecule has 7 heteroatoms. The molecule has 0 amide bonds. The van der Waals surface area contributed by atoms with Crippen molar-refractivity contribution in [1.82, 2.24) is 14.6 Å². The highest BCUT2D eigenvalue weighted by molar-refractivity contribution is 5.68. The van der Waals surface area contributed by atoms with E-state index in [-0.39, 0.29) is 0 Å². The van der Waals surface area contributed by atoms with E-state index in [1.807, 2.05) is 0 Å². The van der Waals surface area contributed by atoms with Crippen LogP contribution in [0.5, 0.6) is 0 Å². The molecule has 0 saturated heterocycles.